The number of rotatable bonds is 6. The maximum atomic E-state index is 12.0. The monoisotopic (exact) mass is 280 g/mol. The summed E-state index contributed by atoms with van der Waals surface area (Å²) in [6.45, 7) is 3.42. The summed E-state index contributed by atoms with van der Waals surface area (Å²) in [5.41, 5.74) is -0.598. The molecule has 0 aliphatic heterocycles. The molecular formula is C11H15F3N2O3. The highest BCUT2D eigenvalue weighted by atomic mass is 19.4. The van der Waals surface area contributed by atoms with Gasteiger partial charge in [-0.3, -0.25) is 4.79 Å². The number of hydrogen-bond donors (Lipinski definition) is 1. The largest absolute Gasteiger partial charge is 0.481 e. The van der Waals surface area contributed by atoms with Gasteiger partial charge in [-0.15, -0.1) is 0 Å². The van der Waals surface area contributed by atoms with Gasteiger partial charge in [0.25, 0.3) is 0 Å². The van der Waals surface area contributed by atoms with E-state index in [4.69, 9.17) is 9.63 Å². The third-order valence-corrected chi connectivity index (χ3v) is 2.40. The number of aliphatic carboxylic acids is 1. The molecule has 1 aromatic heterocycles. The van der Waals surface area contributed by atoms with Crippen LogP contribution in [0.4, 0.5) is 13.2 Å². The quantitative estimate of drug-likeness (QED) is 0.866. The van der Waals surface area contributed by atoms with E-state index in [0.717, 1.165) is 0 Å². The highest BCUT2D eigenvalue weighted by Gasteiger charge is 2.29. The van der Waals surface area contributed by atoms with Crippen molar-refractivity contribution in [1.82, 2.24) is 10.1 Å². The fourth-order valence-electron chi connectivity index (χ4n) is 1.60. The maximum Gasteiger partial charge on any atom is 0.389 e. The van der Waals surface area contributed by atoms with Crippen LogP contribution in [0.25, 0.3) is 0 Å². The smallest absolute Gasteiger partial charge is 0.389 e. The summed E-state index contributed by atoms with van der Waals surface area (Å²) in [5.74, 6) is -0.816. The second kappa shape index (κ2) is 5.58. The Morgan fingerprint density at radius 1 is 1.37 bits per heavy atom. The normalized spacial score (nSPS) is 12.7. The zero-order valence-corrected chi connectivity index (χ0v) is 10.6. The van der Waals surface area contributed by atoms with Crippen molar-refractivity contribution in [2.24, 2.45) is 5.41 Å². The first-order chi connectivity index (χ1) is 8.57. The Morgan fingerprint density at radius 2 is 2.00 bits per heavy atom. The molecule has 0 saturated carbocycles. The third-order valence-electron chi connectivity index (χ3n) is 2.40. The van der Waals surface area contributed by atoms with Gasteiger partial charge in [0.15, 0.2) is 5.82 Å². The highest BCUT2D eigenvalue weighted by molar-refractivity contribution is 5.67. The minimum atomic E-state index is -4.26. The third kappa shape index (κ3) is 6.21. The van der Waals surface area contributed by atoms with Gasteiger partial charge in [-0.05, 0) is 5.41 Å². The van der Waals surface area contributed by atoms with E-state index in [1.807, 2.05) is 0 Å². The molecule has 0 radical (unpaired) electrons. The van der Waals surface area contributed by atoms with Crippen LogP contribution in [0.2, 0.25) is 0 Å². The Morgan fingerprint density at radius 3 is 2.53 bits per heavy atom. The molecule has 108 valence electrons. The van der Waals surface area contributed by atoms with Crippen LogP contribution in [0.1, 0.15) is 38.4 Å². The number of nitrogens with zero attached hydrogens (tertiary/aromatic N) is 2. The van der Waals surface area contributed by atoms with Crippen LogP contribution in [0.15, 0.2) is 4.52 Å². The minimum absolute atomic E-state index is 0.0153. The summed E-state index contributed by atoms with van der Waals surface area (Å²) >= 11 is 0. The number of halogens is 3. The first-order valence-electron chi connectivity index (χ1n) is 5.67. The fraction of sp³-hybridized carbons (Fsp3) is 0.727. The molecule has 1 N–H and O–H groups in total. The van der Waals surface area contributed by atoms with Crippen molar-refractivity contribution < 1.29 is 27.6 Å². The molecule has 19 heavy (non-hydrogen) atoms. The van der Waals surface area contributed by atoms with Crippen LogP contribution in [-0.2, 0) is 17.6 Å². The van der Waals surface area contributed by atoms with Crippen molar-refractivity contribution in [2.75, 3.05) is 0 Å². The molecule has 0 aliphatic carbocycles. The van der Waals surface area contributed by atoms with Crippen LogP contribution in [0.3, 0.4) is 0 Å². The lowest BCUT2D eigenvalue weighted by molar-refractivity contribution is -0.139. The second-order valence-corrected chi connectivity index (χ2v) is 5.13. The van der Waals surface area contributed by atoms with Gasteiger partial charge < -0.3 is 9.63 Å². The van der Waals surface area contributed by atoms with Gasteiger partial charge in [-0.2, -0.15) is 18.2 Å². The summed E-state index contributed by atoms with van der Waals surface area (Å²) in [4.78, 5) is 14.5. The lowest BCUT2D eigenvalue weighted by atomic mass is 9.86. The molecule has 0 spiro atoms. The lowest BCUT2D eigenvalue weighted by Gasteiger charge is -2.19. The fourth-order valence-corrected chi connectivity index (χ4v) is 1.60. The first-order valence-corrected chi connectivity index (χ1v) is 5.67. The van der Waals surface area contributed by atoms with Crippen molar-refractivity contribution in [1.29, 1.82) is 0 Å². The predicted octanol–water partition coefficient (Wildman–Crippen LogP) is 2.61. The van der Waals surface area contributed by atoms with E-state index < -0.39 is 24.0 Å². The molecule has 0 aromatic carbocycles. The van der Waals surface area contributed by atoms with Crippen molar-refractivity contribution in [2.45, 2.75) is 45.7 Å². The van der Waals surface area contributed by atoms with Crippen molar-refractivity contribution in [3.05, 3.63) is 11.7 Å². The zero-order valence-electron chi connectivity index (χ0n) is 10.6. The molecular weight excluding hydrogens is 265 g/mol. The van der Waals surface area contributed by atoms with E-state index >= 15 is 0 Å². The van der Waals surface area contributed by atoms with Crippen molar-refractivity contribution >= 4 is 5.97 Å². The average molecular weight is 280 g/mol. The molecule has 0 unspecified atom stereocenters. The van der Waals surface area contributed by atoms with Crippen LogP contribution in [0.5, 0.6) is 0 Å². The van der Waals surface area contributed by atoms with Crippen LogP contribution >= 0.6 is 0 Å². The van der Waals surface area contributed by atoms with Crippen LogP contribution in [0, 0.1) is 5.41 Å². The number of aromatic nitrogens is 2. The van der Waals surface area contributed by atoms with E-state index in [0.29, 0.717) is 0 Å². The predicted molar refractivity (Wildman–Crippen MR) is 58.4 cm³/mol. The number of aryl methyl sites for hydroxylation is 1. The molecule has 0 amide bonds. The summed E-state index contributed by atoms with van der Waals surface area (Å²) in [6.07, 6.45) is -5.49. The number of carbonyl (C=O) groups is 1. The van der Waals surface area contributed by atoms with E-state index in [9.17, 15) is 18.0 Å². The molecule has 8 heteroatoms. The van der Waals surface area contributed by atoms with Gasteiger partial charge in [0.2, 0.25) is 5.89 Å². The molecule has 0 atom stereocenters. The van der Waals surface area contributed by atoms with Gasteiger partial charge in [0.05, 0.1) is 12.8 Å². The second-order valence-electron chi connectivity index (χ2n) is 5.13. The van der Waals surface area contributed by atoms with Crippen molar-refractivity contribution in [3.63, 3.8) is 0 Å². The van der Waals surface area contributed by atoms with E-state index in [1.54, 1.807) is 13.8 Å². The van der Waals surface area contributed by atoms with Gasteiger partial charge >= 0.3 is 12.1 Å². The standard InChI is InChI=1S/C11H15F3N2O3/c1-10(2,6-9(17)18)5-8-15-7(16-19-8)3-4-11(12,13)14/h3-6H2,1-2H3,(H,17,18). The summed E-state index contributed by atoms with van der Waals surface area (Å²) in [7, 11) is 0. The molecule has 0 bridgehead atoms. The molecule has 5 nitrogen and oxygen atoms in total. The molecule has 0 aliphatic rings. The Labute approximate surface area is 107 Å². The highest BCUT2D eigenvalue weighted by Crippen LogP contribution is 2.26. The van der Waals surface area contributed by atoms with Gasteiger partial charge in [0.1, 0.15) is 0 Å². The molecule has 1 aromatic rings. The minimum Gasteiger partial charge on any atom is -0.481 e. The molecule has 0 fully saturated rings. The number of hydrogen-bond acceptors (Lipinski definition) is 4. The number of carboxylic acid groups (broad SMARTS) is 1. The Balaban J connectivity index is 2.57. The average Bonchev–Trinajstić information content (AvgIpc) is 2.58. The van der Waals surface area contributed by atoms with Crippen LogP contribution in [-0.4, -0.2) is 27.4 Å². The Hall–Kier alpha value is -1.60. The zero-order chi connectivity index (χ0) is 14.7. The Bertz CT molecular complexity index is 441. The van der Waals surface area contributed by atoms with Crippen molar-refractivity contribution in [3.8, 4) is 0 Å². The lowest BCUT2D eigenvalue weighted by Crippen LogP contribution is -2.19. The van der Waals surface area contributed by atoms with Gasteiger partial charge in [-0.25, -0.2) is 0 Å². The molecule has 0 saturated heterocycles. The van der Waals surface area contributed by atoms with E-state index in [1.165, 1.54) is 0 Å². The number of alkyl halides is 3. The molecule has 1 rings (SSSR count). The summed E-state index contributed by atoms with van der Waals surface area (Å²) < 4.78 is 40.9. The SMILES string of the molecule is CC(C)(CC(=O)O)Cc1nc(CCC(F)(F)F)no1. The van der Waals surface area contributed by atoms with Crippen LogP contribution < -0.4 is 0 Å². The first kappa shape index (κ1) is 15.5. The van der Waals surface area contributed by atoms with Gasteiger partial charge in [-0.1, -0.05) is 19.0 Å². The van der Waals surface area contributed by atoms with Gasteiger partial charge in [0, 0.05) is 12.8 Å². The number of carboxylic acids is 1. The maximum absolute atomic E-state index is 12.0. The van der Waals surface area contributed by atoms with E-state index in [2.05, 4.69) is 10.1 Å². The topological polar surface area (TPSA) is 76.2 Å². The Kier molecular flexibility index (Phi) is 4.54. The summed E-state index contributed by atoms with van der Waals surface area (Å²) in [5, 5.41) is 12.2. The molecule has 1 heterocycles. The van der Waals surface area contributed by atoms with E-state index in [-0.39, 0.29) is 31.0 Å². The summed E-state index contributed by atoms with van der Waals surface area (Å²) in [6, 6.07) is 0.